The Morgan fingerprint density at radius 3 is 2.62 bits per heavy atom. The molecule has 1 rings (SSSR count). The molecule has 1 aromatic heterocycles. The molecular weight excluding hydrogens is 283 g/mol. The van der Waals surface area contributed by atoms with E-state index in [-0.39, 0.29) is 30.5 Å². The lowest BCUT2D eigenvalue weighted by molar-refractivity contribution is 0.0118. The minimum absolute atomic E-state index is 0. The molecule has 9 heteroatoms. The second-order valence-corrected chi connectivity index (χ2v) is 3.34. The lowest BCUT2D eigenvalue weighted by atomic mass is 10.3. The topological polar surface area (TPSA) is 68.0 Å². The van der Waals surface area contributed by atoms with E-state index in [1.165, 1.54) is 22.2 Å². The molecular formula is C7H11Cl2F2N3OS. The van der Waals surface area contributed by atoms with Crippen LogP contribution < -0.4 is 11.1 Å². The number of nitrogens with two attached hydrogens (primary N) is 1. The fourth-order valence-electron chi connectivity index (χ4n) is 0.697. The predicted octanol–water partition coefficient (Wildman–Crippen LogP) is 1.31. The summed E-state index contributed by atoms with van der Waals surface area (Å²) < 4.78 is 25.2. The Labute approximate surface area is 107 Å². The van der Waals surface area contributed by atoms with Gasteiger partial charge in [0.1, 0.15) is 5.69 Å². The number of nitrogens with zero attached hydrogens (tertiary/aromatic N) is 1. The van der Waals surface area contributed by atoms with Crippen molar-refractivity contribution in [1.29, 1.82) is 0 Å². The van der Waals surface area contributed by atoms with Crippen LogP contribution in [0.3, 0.4) is 0 Å². The summed E-state index contributed by atoms with van der Waals surface area (Å²) in [7, 11) is 0. The van der Waals surface area contributed by atoms with Crippen LogP contribution in [0.5, 0.6) is 0 Å². The van der Waals surface area contributed by atoms with E-state index in [0.717, 1.165) is 0 Å². The Hall–Kier alpha value is -0.500. The number of thiazole rings is 1. The van der Waals surface area contributed by atoms with Gasteiger partial charge in [0, 0.05) is 5.38 Å². The van der Waals surface area contributed by atoms with Gasteiger partial charge in [0.25, 0.3) is 11.8 Å². The van der Waals surface area contributed by atoms with E-state index in [4.69, 9.17) is 5.73 Å². The molecule has 94 valence electrons. The fourth-order valence-corrected chi connectivity index (χ4v) is 1.23. The molecule has 0 spiro atoms. The normalized spacial score (nSPS) is 9.94. The first-order chi connectivity index (χ1) is 6.55. The molecule has 0 saturated carbocycles. The lowest BCUT2D eigenvalue weighted by Gasteiger charge is -2.13. The quantitative estimate of drug-likeness (QED) is 0.880. The van der Waals surface area contributed by atoms with Crippen molar-refractivity contribution >= 4 is 42.1 Å². The molecule has 0 radical (unpaired) electrons. The summed E-state index contributed by atoms with van der Waals surface area (Å²) in [6, 6.07) is 0. The summed E-state index contributed by atoms with van der Waals surface area (Å²) in [5.41, 5.74) is 6.39. The largest absolute Gasteiger partial charge is 0.345 e. The van der Waals surface area contributed by atoms with Crippen LogP contribution in [-0.4, -0.2) is 29.9 Å². The van der Waals surface area contributed by atoms with Crippen molar-refractivity contribution in [1.82, 2.24) is 10.3 Å². The van der Waals surface area contributed by atoms with Crippen LogP contribution in [0.15, 0.2) is 10.9 Å². The highest BCUT2D eigenvalue weighted by Crippen LogP contribution is 2.09. The molecule has 1 heterocycles. The molecule has 0 aliphatic rings. The minimum Gasteiger partial charge on any atom is -0.345 e. The molecule has 0 atom stereocenters. The van der Waals surface area contributed by atoms with Gasteiger partial charge < -0.3 is 11.1 Å². The van der Waals surface area contributed by atoms with E-state index >= 15 is 0 Å². The van der Waals surface area contributed by atoms with Crippen molar-refractivity contribution in [2.75, 3.05) is 13.1 Å². The van der Waals surface area contributed by atoms with Crippen molar-refractivity contribution in [3.63, 3.8) is 0 Å². The molecule has 16 heavy (non-hydrogen) atoms. The second-order valence-electron chi connectivity index (χ2n) is 2.62. The van der Waals surface area contributed by atoms with E-state index in [1.54, 1.807) is 0 Å². The smallest absolute Gasteiger partial charge is 0.277 e. The zero-order valence-electron chi connectivity index (χ0n) is 7.98. The van der Waals surface area contributed by atoms with Crippen molar-refractivity contribution in [3.8, 4) is 0 Å². The summed E-state index contributed by atoms with van der Waals surface area (Å²) in [6.07, 6.45) is 0. The standard InChI is InChI=1S/C7H9F2N3OS.2ClH/c8-7(9,2-10)3-11-6(13)5-1-14-4-12-5;;/h1,4H,2-3,10H2,(H,11,13);2*1H. The van der Waals surface area contributed by atoms with E-state index in [2.05, 4.69) is 10.3 Å². The van der Waals surface area contributed by atoms with E-state index < -0.39 is 24.9 Å². The van der Waals surface area contributed by atoms with Gasteiger partial charge in [-0.1, -0.05) is 0 Å². The SMILES string of the molecule is Cl.Cl.NCC(F)(F)CNC(=O)c1cscn1. The molecule has 0 aromatic carbocycles. The first-order valence-electron chi connectivity index (χ1n) is 3.79. The third-order valence-corrected chi connectivity index (χ3v) is 2.06. The summed E-state index contributed by atoms with van der Waals surface area (Å²) in [5, 5.41) is 3.53. The maximum atomic E-state index is 12.6. The number of carbonyl (C=O) groups is 1. The average Bonchev–Trinajstić information content (AvgIpc) is 2.67. The summed E-state index contributed by atoms with van der Waals surface area (Å²) in [6.45, 7) is -1.55. The monoisotopic (exact) mass is 293 g/mol. The van der Waals surface area contributed by atoms with Crippen LogP contribution in [-0.2, 0) is 0 Å². The Kier molecular flexibility index (Phi) is 8.63. The van der Waals surface area contributed by atoms with Crippen LogP contribution >= 0.6 is 36.2 Å². The number of amides is 1. The van der Waals surface area contributed by atoms with Gasteiger partial charge in [-0.2, -0.15) is 0 Å². The first-order valence-corrected chi connectivity index (χ1v) is 4.74. The third-order valence-electron chi connectivity index (χ3n) is 1.47. The molecule has 1 amide bonds. The fraction of sp³-hybridized carbons (Fsp3) is 0.429. The van der Waals surface area contributed by atoms with Gasteiger partial charge in [-0.25, -0.2) is 13.8 Å². The predicted molar refractivity (Wildman–Crippen MR) is 62.9 cm³/mol. The van der Waals surface area contributed by atoms with Crippen LogP contribution in [0, 0.1) is 0 Å². The summed E-state index contributed by atoms with van der Waals surface area (Å²) in [5.74, 6) is -3.68. The number of halogens is 4. The molecule has 0 unspecified atom stereocenters. The van der Waals surface area contributed by atoms with Crippen molar-refractivity contribution < 1.29 is 13.6 Å². The van der Waals surface area contributed by atoms with Gasteiger partial charge in [0.05, 0.1) is 18.6 Å². The van der Waals surface area contributed by atoms with Crippen molar-refractivity contribution in [2.45, 2.75) is 5.92 Å². The number of hydrogen-bond donors (Lipinski definition) is 2. The molecule has 0 aliphatic heterocycles. The van der Waals surface area contributed by atoms with E-state index in [1.807, 2.05) is 0 Å². The van der Waals surface area contributed by atoms with Gasteiger partial charge in [0.15, 0.2) is 0 Å². The van der Waals surface area contributed by atoms with Gasteiger partial charge >= 0.3 is 0 Å². The Morgan fingerprint density at radius 2 is 2.19 bits per heavy atom. The Bertz CT molecular complexity index is 311. The van der Waals surface area contributed by atoms with E-state index in [9.17, 15) is 13.6 Å². The molecule has 4 nitrogen and oxygen atoms in total. The van der Waals surface area contributed by atoms with Gasteiger partial charge in [0.2, 0.25) is 0 Å². The van der Waals surface area contributed by atoms with Gasteiger partial charge in [-0.15, -0.1) is 36.2 Å². The number of carbonyl (C=O) groups excluding carboxylic acids is 1. The molecule has 1 aromatic rings. The number of rotatable bonds is 4. The van der Waals surface area contributed by atoms with Gasteiger partial charge in [-0.05, 0) is 0 Å². The number of hydrogen-bond acceptors (Lipinski definition) is 4. The molecule has 0 bridgehead atoms. The third kappa shape index (κ3) is 5.55. The number of alkyl halides is 2. The van der Waals surface area contributed by atoms with Crippen LogP contribution in [0.2, 0.25) is 0 Å². The van der Waals surface area contributed by atoms with E-state index in [0.29, 0.717) is 0 Å². The Morgan fingerprint density at radius 1 is 1.56 bits per heavy atom. The highest BCUT2D eigenvalue weighted by atomic mass is 35.5. The molecule has 0 fully saturated rings. The molecule has 3 N–H and O–H groups in total. The average molecular weight is 294 g/mol. The maximum absolute atomic E-state index is 12.6. The van der Waals surface area contributed by atoms with Crippen LogP contribution in [0.4, 0.5) is 8.78 Å². The van der Waals surface area contributed by atoms with Crippen LogP contribution in [0.25, 0.3) is 0 Å². The van der Waals surface area contributed by atoms with Gasteiger partial charge in [-0.3, -0.25) is 4.79 Å². The first kappa shape index (κ1) is 17.9. The summed E-state index contributed by atoms with van der Waals surface area (Å²) in [4.78, 5) is 14.8. The number of nitrogens with one attached hydrogen (secondary N) is 1. The second kappa shape index (κ2) is 7.72. The minimum atomic E-state index is -3.06. The lowest BCUT2D eigenvalue weighted by Crippen LogP contribution is -2.41. The zero-order valence-corrected chi connectivity index (χ0v) is 10.4. The molecule has 0 aliphatic carbocycles. The Balaban J connectivity index is 0. The zero-order chi connectivity index (χ0) is 10.6. The summed E-state index contributed by atoms with van der Waals surface area (Å²) >= 11 is 1.22. The highest BCUT2D eigenvalue weighted by Gasteiger charge is 2.27. The molecule has 0 saturated heterocycles. The van der Waals surface area contributed by atoms with Crippen LogP contribution in [0.1, 0.15) is 10.5 Å². The van der Waals surface area contributed by atoms with Crippen molar-refractivity contribution in [2.24, 2.45) is 5.73 Å². The number of aromatic nitrogens is 1. The maximum Gasteiger partial charge on any atom is 0.277 e. The van der Waals surface area contributed by atoms with Crippen molar-refractivity contribution in [3.05, 3.63) is 16.6 Å². The highest BCUT2D eigenvalue weighted by molar-refractivity contribution is 7.07.